The first kappa shape index (κ1) is 20.8. The zero-order chi connectivity index (χ0) is 22.0. The van der Waals surface area contributed by atoms with Crippen LogP contribution in [0.15, 0.2) is 71.5 Å². The van der Waals surface area contributed by atoms with E-state index in [1.54, 1.807) is 7.11 Å². The Kier molecular flexibility index (Phi) is 5.87. The highest BCUT2D eigenvalue weighted by molar-refractivity contribution is 5.86. The minimum Gasteiger partial charge on any atom is -0.378 e. The van der Waals surface area contributed by atoms with Gasteiger partial charge in [-0.2, -0.15) is 0 Å². The van der Waals surface area contributed by atoms with Crippen LogP contribution in [0, 0.1) is 6.92 Å². The van der Waals surface area contributed by atoms with Gasteiger partial charge in [0.2, 0.25) is 0 Å². The van der Waals surface area contributed by atoms with Gasteiger partial charge in [-0.15, -0.1) is 0 Å². The van der Waals surface area contributed by atoms with Crippen LogP contribution in [0.3, 0.4) is 0 Å². The Labute approximate surface area is 182 Å². The molecule has 0 unspecified atom stereocenters. The van der Waals surface area contributed by atoms with Gasteiger partial charge in [0.1, 0.15) is 5.82 Å². The van der Waals surface area contributed by atoms with E-state index in [-0.39, 0.29) is 5.43 Å². The molecule has 0 spiro atoms. The predicted molar refractivity (Wildman–Crippen MR) is 127 cm³/mol. The van der Waals surface area contributed by atoms with E-state index in [1.807, 2.05) is 80.7 Å². The van der Waals surface area contributed by atoms with Crippen LogP contribution in [0.1, 0.15) is 23.7 Å². The molecule has 0 saturated heterocycles. The molecule has 0 N–H and O–H groups in total. The molecule has 5 heteroatoms. The van der Waals surface area contributed by atoms with Crippen LogP contribution < -0.4 is 10.3 Å². The quantitative estimate of drug-likeness (QED) is 0.437. The number of benzene rings is 2. The Morgan fingerprint density at radius 1 is 1.03 bits per heavy atom. The number of para-hydroxylation sites is 2. The second-order valence-electron chi connectivity index (χ2n) is 7.60. The van der Waals surface area contributed by atoms with Crippen LogP contribution in [0.25, 0.3) is 16.7 Å². The van der Waals surface area contributed by atoms with Crippen molar-refractivity contribution in [3.8, 4) is 5.69 Å². The second-order valence-corrected chi connectivity index (χ2v) is 7.60. The number of hydrogen-bond donors (Lipinski definition) is 0. The SMILES string of the molecule is CCc1cc(COC)nc2c1c(=O)c(C)c(N(C)c1ccccc1)n2-c1ccccc1. The average molecular weight is 414 g/mol. The molecule has 0 radical (unpaired) electrons. The average Bonchev–Trinajstić information content (AvgIpc) is 2.81. The molecule has 5 nitrogen and oxygen atoms in total. The summed E-state index contributed by atoms with van der Waals surface area (Å²) >= 11 is 0. The summed E-state index contributed by atoms with van der Waals surface area (Å²) in [4.78, 5) is 20.6. The molecule has 0 fully saturated rings. The van der Waals surface area contributed by atoms with E-state index in [0.717, 1.165) is 34.9 Å². The highest BCUT2D eigenvalue weighted by atomic mass is 16.5. The van der Waals surface area contributed by atoms with Crippen molar-refractivity contribution in [2.45, 2.75) is 26.9 Å². The fourth-order valence-corrected chi connectivity index (χ4v) is 4.11. The molecular formula is C26H27N3O2. The molecule has 0 amide bonds. The third kappa shape index (κ3) is 3.73. The van der Waals surface area contributed by atoms with Crippen LogP contribution in [-0.4, -0.2) is 23.7 Å². The third-order valence-electron chi connectivity index (χ3n) is 5.61. The lowest BCUT2D eigenvalue weighted by Gasteiger charge is -2.27. The maximum absolute atomic E-state index is 13.6. The molecule has 2 aromatic heterocycles. The van der Waals surface area contributed by atoms with Crippen molar-refractivity contribution < 1.29 is 4.74 Å². The second kappa shape index (κ2) is 8.74. The minimum atomic E-state index is 0.0216. The largest absolute Gasteiger partial charge is 0.378 e. The summed E-state index contributed by atoms with van der Waals surface area (Å²) in [5, 5.41) is 0.675. The number of anilines is 2. The highest BCUT2D eigenvalue weighted by Gasteiger charge is 2.22. The molecule has 31 heavy (non-hydrogen) atoms. The predicted octanol–water partition coefficient (Wildman–Crippen LogP) is 5.17. The Hall–Kier alpha value is -3.44. The van der Waals surface area contributed by atoms with E-state index < -0.39 is 0 Å². The maximum atomic E-state index is 13.6. The first-order valence-electron chi connectivity index (χ1n) is 10.5. The Morgan fingerprint density at radius 2 is 1.68 bits per heavy atom. The molecular weight excluding hydrogens is 386 g/mol. The molecule has 0 aliphatic rings. The van der Waals surface area contributed by atoms with Crippen LogP contribution in [0.2, 0.25) is 0 Å². The van der Waals surface area contributed by atoms with Gasteiger partial charge in [0, 0.05) is 31.1 Å². The van der Waals surface area contributed by atoms with Crippen molar-refractivity contribution in [1.82, 2.24) is 9.55 Å². The zero-order valence-corrected chi connectivity index (χ0v) is 18.4. The van der Waals surface area contributed by atoms with E-state index in [4.69, 9.17) is 9.72 Å². The van der Waals surface area contributed by atoms with E-state index in [1.165, 1.54) is 0 Å². The van der Waals surface area contributed by atoms with E-state index in [2.05, 4.69) is 16.4 Å². The lowest BCUT2D eigenvalue weighted by molar-refractivity contribution is 0.181. The number of rotatable bonds is 6. The van der Waals surface area contributed by atoms with E-state index in [9.17, 15) is 4.79 Å². The number of methoxy groups -OCH3 is 1. The van der Waals surface area contributed by atoms with Gasteiger partial charge in [-0.3, -0.25) is 9.36 Å². The van der Waals surface area contributed by atoms with Crippen LogP contribution in [-0.2, 0) is 17.8 Å². The molecule has 4 aromatic rings. The summed E-state index contributed by atoms with van der Waals surface area (Å²) in [6.45, 7) is 4.36. The molecule has 0 atom stereocenters. The molecule has 0 bridgehead atoms. The molecule has 2 aromatic carbocycles. The van der Waals surface area contributed by atoms with Crippen LogP contribution in [0.4, 0.5) is 11.5 Å². The number of hydrogen-bond acceptors (Lipinski definition) is 4. The van der Waals surface area contributed by atoms with Gasteiger partial charge in [0.05, 0.1) is 17.7 Å². The Morgan fingerprint density at radius 3 is 2.29 bits per heavy atom. The third-order valence-corrected chi connectivity index (χ3v) is 5.61. The molecule has 4 rings (SSSR count). The van der Waals surface area contributed by atoms with Gasteiger partial charge < -0.3 is 9.64 Å². The Bertz CT molecular complexity index is 1270. The minimum absolute atomic E-state index is 0.0216. The zero-order valence-electron chi connectivity index (χ0n) is 18.4. The van der Waals surface area contributed by atoms with Gasteiger partial charge in [-0.05, 0) is 49.2 Å². The lowest BCUT2D eigenvalue weighted by atomic mass is 10.0. The van der Waals surface area contributed by atoms with Crippen molar-refractivity contribution in [1.29, 1.82) is 0 Å². The number of pyridine rings is 2. The first-order valence-corrected chi connectivity index (χ1v) is 10.5. The summed E-state index contributed by atoms with van der Waals surface area (Å²) in [7, 11) is 3.65. The summed E-state index contributed by atoms with van der Waals surface area (Å²) in [5.74, 6) is 0.805. The van der Waals surface area contributed by atoms with E-state index >= 15 is 0 Å². The topological polar surface area (TPSA) is 47.4 Å². The number of ether oxygens (including phenoxy) is 1. The van der Waals surface area contributed by atoms with Crippen molar-refractivity contribution in [3.63, 3.8) is 0 Å². The van der Waals surface area contributed by atoms with Crippen molar-refractivity contribution >= 4 is 22.5 Å². The van der Waals surface area contributed by atoms with E-state index in [0.29, 0.717) is 23.2 Å². The van der Waals surface area contributed by atoms with Crippen molar-refractivity contribution in [2.24, 2.45) is 0 Å². The smallest absolute Gasteiger partial charge is 0.196 e. The number of nitrogens with zero attached hydrogens (tertiary/aromatic N) is 3. The monoisotopic (exact) mass is 413 g/mol. The van der Waals surface area contributed by atoms with Crippen molar-refractivity contribution in [3.05, 3.63) is 93.8 Å². The fraction of sp³-hybridized carbons (Fsp3) is 0.231. The van der Waals surface area contributed by atoms with Gasteiger partial charge >= 0.3 is 0 Å². The van der Waals surface area contributed by atoms with Gasteiger partial charge in [0.15, 0.2) is 11.1 Å². The molecule has 2 heterocycles. The van der Waals surface area contributed by atoms with Crippen LogP contribution in [0.5, 0.6) is 0 Å². The molecule has 0 aliphatic heterocycles. The molecule has 0 saturated carbocycles. The molecule has 0 aliphatic carbocycles. The molecule has 158 valence electrons. The van der Waals surface area contributed by atoms with Gasteiger partial charge in [-0.1, -0.05) is 43.3 Å². The summed E-state index contributed by atoms with van der Waals surface area (Å²) < 4.78 is 7.46. The number of aryl methyl sites for hydroxylation is 1. The van der Waals surface area contributed by atoms with Gasteiger partial charge in [0.25, 0.3) is 0 Å². The Balaban J connectivity index is 2.17. The normalized spacial score (nSPS) is 11.1. The number of fused-ring (bicyclic) bond motifs is 1. The van der Waals surface area contributed by atoms with Gasteiger partial charge in [-0.25, -0.2) is 4.98 Å². The summed E-state index contributed by atoms with van der Waals surface area (Å²) in [6.07, 6.45) is 0.743. The standard InChI is InChI=1S/C26H27N3O2/c1-5-19-16-20(17-31-4)27-25-23(19)24(30)18(2)26(28(3)21-12-8-6-9-13-21)29(25)22-14-10-7-11-15-22/h6-16H,5,17H2,1-4H3. The lowest BCUT2D eigenvalue weighted by Crippen LogP contribution is -2.24. The summed E-state index contributed by atoms with van der Waals surface area (Å²) in [5.41, 5.74) is 5.13. The fourth-order valence-electron chi connectivity index (χ4n) is 4.11. The highest BCUT2D eigenvalue weighted by Crippen LogP contribution is 2.32. The number of aromatic nitrogens is 2. The first-order chi connectivity index (χ1) is 15.1. The summed E-state index contributed by atoms with van der Waals surface area (Å²) in [6, 6.07) is 22.1. The maximum Gasteiger partial charge on any atom is 0.196 e. The van der Waals surface area contributed by atoms with Crippen molar-refractivity contribution in [2.75, 3.05) is 19.1 Å². The van der Waals surface area contributed by atoms with Crippen LogP contribution >= 0.6 is 0 Å².